The van der Waals surface area contributed by atoms with Gasteiger partial charge in [0.15, 0.2) is 0 Å². The highest BCUT2D eigenvalue weighted by molar-refractivity contribution is 5.43. The van der Waals surface area contributed by atoms with Crippen molar-refractivity contribution in [3.8, 4) is 5.75 Å². The quantitative estimate of drug-likeness (QED) is 0.889. The van der Waals surface area contributed by atoms with Gasteiger partial charge in [0.05, 0.1) is 13.2 Å². The van der Waals surface area contributed by atoms with Crippen LogP contribution in [0.15, 0.2) is 12.1 Å². The standard InChI is InChI=1S/C15H23NO2/c1-11-8-13(10-16-3)9-12(2)15(11)18-14-4-6-17-7-5-14/h8-9,14,16H,4-7,10H2,1-3H3. The first-order valence-corrected chi connectivity index (χ1v) is 6.70. The molecule has 100 valence electrons. The van der Waals surface area contributed by atoms with Gasteiger partial charge >= 0.3 is 0 Å². The van der Waals surface area contributed by atoms with Crippen molar-refractivity contribution < 1.29 is 9.47 Å². The molecule has 0 aliphatic carbocycles. The van der Waals surface area contributed by atoms with Crippen molar-refractivity contribution in [2.75, 3.05) is 20.3 Å². The van der Waals surface area contributed by atoms with E-state index in [0.717, 1.165) is 38.3 Å². The zero-order valence-corrected chi connectivity index (χ0v) is 11.6. The van der Waals surface area contributed by atoms with Gasteiger partial charge < -0.3 is 14.8 Å². The van der Waals surface area contributed by atoms with Gasteiger partial charge in [-0.3, -0.25) is 0 Å². The number of hydrogen-bond acceptors (Lipinski definition) is 3. The van der Waals surface area contributed by atoms with Crippen molar-refractivity contribution >= 4 is 0 Å². The van der Waals surface area contributed by atoms with Crippen LogP contribution in [-0.4, -0.2) is 26.4 Å². The second-order valence-corrected chi connectivity index (χ2v) is 5.02. The summed E-state index contributed by atoms with van der Waals surface area (Å²) in [6.07, 6.45) is 2.31. The third kappa shape index (κ3) is 3.24. The fourth-order valence-corrected chi connectivity index (χ4v) is 2.49. The molecule has 0 aromatic heterocycles. The lowest BCUT2D eigenvalue weighted by Gasteiger charge is -2.25. The van der Waals surface area contributed by atoms with Crippen molar-refractivity contribution in [3.63, 3.8) is 0 Å². The topological polar surface area (TPSA) is 30.5 Å². The Morgan fingerprint density at radius 2 is 1.83 bits per heavy atom. The first-order valence-electron chi connectivity index (χ1n) is 6.70. The SMILES string of the molecule is CNCc1cc(C)c(OC2CCOCC2)c(C)c1. The molecule has 3 nitrogen and oxygen atoms in total. The van der Waals surface area contributed by atoms with Crippen LogP contribution in [0.3, 0.4) is 0 Å². The van der Waals surface area contributed by atoms with E-state index in [2.05, 4.69) is 31.3 Å². The molecule has 2 rings (SSSR count). The van der Waals surface area contributed by atoms with Crippen LogP contribution in [0.1, 0.15) is 29.5 Å². The molecule has 0 unspecified atom stereocenters. The van der Waals surface area contributed by atoms with Gasteiger partial charge in [-0.2, -0.15) is 0 Å². The monoisotopic (exact) mass is 249 g/mol. The molecule has 0 atom stereocenters. The minimum atomic E-state index is 0.311. The van der Waals surface area contributed by atoms with E-state index in [4.69, 9.17) is 9.47 Å². The van der Waals surface area contributed by atoms with Crippen LogP contribution in [0.2, 0.25) is 0 Å². The lowest BCUT2D eigenvalue weighted by Crippen LogP contribution is -2.26. The van der Waals surface area contributed by atoms with Crippen molar-refractivity contribution in [1.29, 1.82) is 0 Å². The summed E-state index contributed by atoms with van der Waals surface area (Å²) in [7, 11) is 1.97. The third-order valence-corrected chi connectivity index (χ3v) is 3.35. The number of nitrogens with one attached hydrogen (secondary N) is 1. The first-order chi connectivity index (χ1) is 8.70. The summed E-state index contributed by atoms with van der Waals surface area (Å²) < 4.78 is 11.5. The highest BCUT2D eigenvalue weighted by Crippen LogP contribution is 2.27. The van der Waals surface area contributed by atoms with Gasteiger partial charge in [0.25, 0.3) is 0 Å². The Hall–Kier alpha value is -1.06. The van der Waals surface area contributed by atoms with Gasteiger partial charge in [-0.1, -0.05) is 12.1 Å². The Kier molecular flexibility index (Phi) is 4.61. The average molecular weight is 249 g/mol. The van der Waals surface area contributed by atoms with Gasteiger partial charge in [0.2, 0.25) is 0 Å². The van der Waals surface area contributed by atoms with Crippen molar-refractivity contribution in [3.05, 3.63) is 28.8 Å². The molecule has 1 fully saturated rings. The molecular formula is C15H23NO2. The van der Waals surface area contributed by atoms with Crippen LogP contribution in [0, 0.1) is 13.8 Å². The molecule has 0 radical (unpaired) electrons. The van der Waals surface area contributed by atoms with E-state index in [1.165, 1.54) is 16.7 Å². The highest BCUT2D eigenvalue weighted by atomic mass is 16.5. The minimum absolute atomic E-state index is 0.311. The van der Waals surface area contributed by atoms with Gasteiger partial charge in [-0.05, 0) is 37.6 Å². The maximum atomic E-state index is 6.15. The smallest absolute Gasteiger partial charge is 0.125 e. The van der Waals surface area contributed by atoms with Gasteiger partial charge in [0.1, 0.15) is 11.9 Å². The molecule has 3 heteroatoms. The van der Waals surface area contributed by atoms with Gasteiger partial charge in [-0.25, -0.2) is 0 Å². The van der Waals surface area contributed by atoms with E-state index < -0.39 is 0 Å². The predicted molar refractivity (Wildman–Crippen MR) is 73.1 cm³/mol. The molecule has 1 saturated heterocycles. The largest absolute Gasteiger partial charge is 0.490 e. The van der Waals surface area contributed by atoms with Gasteiger partial charge in [0, 0.05) is 19.4 Å². The fraction of sp³-hybridized carbons (Fsp3) is 0.600. The van der Waals surface area contributed by atoms with Crippen LogP contribution in [-0.2, 0) is 11.3 Å². The lowest BCUT2D eigenvalue weighted by molar-refractivity contribution is 0.0250. The molecule has 0 saturated carbocycles. The van der Waals surface area contributed by atoms with Crippen LogP contribution in [0.4, 0.5) is 0 Å². The second kappa shape index (κ2) is 6.21. The fourth-order valence-electron chi connectivity index (χ4n) is 2.49. The molecule has 1 aliphatic heterocycles. The molecular weight excluding hydrogens is 226 g/mol. The summed E-state index contributed by atoms with van der Waals surface area (Å²) in [5.41, 5.74) is 3.77. The molecule has 1 aromatic carbocycles. The van der Waals surface area contributed by atoms with E-state index in [9.17, 15) is 0 Å². The second-order valence-electron chi connectivity index (χ2n) is 5.02. The van der Waals surface area contributed by atoms with Crippen molar-refractivity contribution in [2.24, 2.45) is 0 Å². The molecule has 0 amide bonds. The maximum Gasteiger partial charge on any atom is 0.125 e. The van der Waals surface area contributed by atoms with E-state index in [0.29, 0.717) is 6.10 Å². The predicted octanol–water partition coefficient (Wildman–Crippen LogP) is 2.58. The van der Waals surface area contributed by atoms with E-state index >= 15 is 0 Å². The Balaban J connectivity index is 2.11. The average Bonchev–Trinajstić information content (AvgIpc) is 2.36. The normalized spacial score (nSPS) is 16.8. The Bertz CT molecular complexity index is 374. The summed E-state index contributed by atoms with van der Waals surface area (Å²) in [6.45, 7) is 6.79. The summed E-state index contributed by atoms with van der Waals surface area (Å²) in [4.78, 5) is 0. The van der Waals surface area contributed by atoms with Crippen molar-refractivity contribution in [1.82, 2.24) is 5.32 Å². The van der Waals surface area contributed by atoms with E-state index in [1.807, 2.05) is 7.05 Å². The number of benzene rings is 1. The highest BCUT2D eigenvalue weighted by Gasteiger charge is 2.17. The molecule has 1 heterocycles. The molecule has 1 aromatic rings. The molecule has 0 bridgehead atoms. The maximum absolute atomic E-state index is 6.15. The van der Waals surface area contributed by atoms with Crippen LogP contribution in [0.5, 0.6) is 5.75 Å². The van der Waals surface area contributed by atoms with E-state index in [-0.39, 0.29) is 0 Å². The molecule has 1 aliphatic rings. The summed E-state index contributed by atoms with van der Waals surface area (Å²) in [5, 5.41) is 3.18. The van der Waals surface area contributed by atoms with Gasteiger partial charge in [-0.15, -0.1) is 0 Å². The third-order valence-electron chi connectivity index (χ3n) is 3.35. The minimum Gasteiger partial charge on any atom is -0.490 e. The Morgan fingerprint density at radius 1 is 1.22 bits per heavy atom. The summed E-state index contributed by atoms with van der Waals surface area (Å²) in [6, 6.07) is 4.41. The number of ether oxygens (including phenoxy) is 2. The number of aryl methyl sites for hydroxylation is 2. The molecule has 0 spiro atoms. The van der Waals surface area contributed by atoms with Crippen LogP contribution < -0.4 is 10.1 Å². The molecule has 18 heavy (non-hydrogen) atoms. The summed E-state index contributed by atoms with van der Waals surface area (Å²) >= 11 is 0. The van der Waals surface area contributed by atoms with Crippen LogP contribution in [0.25, 0.3) is 0 Å². The molecule has 1 N–H and O–H groups in total. The Morgan fingerprint density at radius 3 is 2.39 bits per heavy atom. The lowest BCUT2D eigenvalue weighted by atomic mass is 10.0. The number of hydrogen-bond donors (Lipinski definition) is 1. The van der Waals surface area contributed by atoms with Crippen LogP contribution >= 0.6 is 0 Å². The zero-order chi connectivity index (χ0) is 13.0. The number of rotatable bonds is 4. The van der Waals surface area contributed by atoms with Crippen molar-refractivity contribution in [2.45, 2.75) is 39.3 Å². The summed E-state index contributed by atoms with van der Waals surface area (Å²) in [5.74, 6) is 1.06. The zero-order valence-electron chi connectivity index (χ0n) is 11.6. The first kappa shape index (κ1) is 13.4. The Labute approximate surface area is 109 Å². The van der Waals surface area contributed by atoms with E-state index in [1.54, 1.807) is 0 Å².